The molecule has 0 saturated heterocycles. The van der Waals surface area contributed by atoms with Gasteiger partial charge in [0.25, 0.3) is 0 Å². The second-order valence-corrected chi connectivity index (χ2v) is 5.09. The monoisotopic (exact) mass is 242 g/mol. The molecule has 3 heteroatoms. The molecule has 2 aromatic rings. The number of thiophene rings is 1. The minimum Gasteiger partial charge on any atom is -0.297 e. The molecule has 0 spiro atoms. The van der Waals surface area contributed by atoms with Crippen molar-refractivity contribution >= 4 is 11.3 Å². The fourth-order valence-corrected chi connectivity index (χ4v) is 2.50. The Morgan fingerprint density at radius 2 is 1.94 bits per heavy atom. The molecule has 1 aromatic heterocycles. The maximum absolute atomic E-state index is 8.72. The molecule has 0 aliphatic carbocycles. The second kappa shape index (κ2) is 5.62. The zero-order valence-corrected chi connectivity index (χ0v) is 10.6. The highest BCUT2D eigenvalue weighted by Gasteiger charge is 2.02. The van der Waals surface area contributed by atoms with Crippen LogP contribution in [-0.4, -0.2) is 11.9 Å². The highest BCUT2D eigenvalue weighted by atomic mass is 32.1. The van der Waals surface area contributed by atoms with Gasteiger partial charge in [0.1, 0.15) is 0 Å². The summed E-state index contributed by atoms with van der Waals surface area (Å²) >= 11 is 1.78. The van der Waals surface area contributed by atoms with Gasteiger partial charge < -0.3 is 0 Å². The number of nitrogens with zero attached hydrogens (tertiary/aromatic N) is 2. The van der Waals surface area contributed by atoms with Crippen LogP contribution in [0.3, 0.4) is 0 Å². The summed E-state index contributed by atoms with van der Waals surface area (Å²) in [6.07, 6.45) is 0. The van der Waals surface area contributed by atoms with Crippen LogP contribution < -0.4 is 0 Å². The maximum Gasteiger partial charge on any atom is 0.0991 e. The second-order valence-electron chi connectivity index (χ2n) is 4.06. The molecule has 1 heterocycles. The van der Waals surface area contributed by atoms with Crippen LogP contribution in [0.2, 0.25) is 0 Å². The average Bonchev–Trinajstić information content (AvgIpc) is 2.82. The molecule has 0 amide bonds. The lowest BCUT2D eigenvalue weighted by Crippen LogP contribution is -2.16. The predicted octanol–water partition coefficient (Wildman–Crippen LogP) is 3.25. The smallest absolute Gasteiger partial charge is 0.0991 e. The van der Waals surface area contributed by atoms with Gasteiger partial charge in [-0.15, -0.1) is 11.3 Å². The molecule has 0 aliphatic rings. The summed E-state index contributed by atoms with van der Waals surface area (Å²) in [5.41, 5.74) is 1.96. The van der Waals surface area contributed by atoms with E-state index in [0.29, 0.717) is 0 Å². The molecule has 1 aromatic carbocycles. The van der Waals surface area contributed by atoms with Gasteiger partial charge in [0.05, 0.1) is 11.6 Å². The number of hydrogen-bond acceptors (Lipinski definition) is 3. The summed E-state index contributed by atoms with van der Waals surface area (Å²) in [4.78, 5) is 3.65. The van der Waals surface area contributed by atoms with Gasteiger partial charge in [0.2, 0.25) is 0 Å². The Morgan fingerprint density at radius 1 is 1.18 bits per heavy atom. The van der Waals surface area contributed by atoms with Crippen molar-refractivity contribution in [1.82, 2.24) is 4.90 Å². The van der Waals surface area contributed by atoms with Crippen LogP contribution >= 0.6 is 11.3 Å². The SMILES string of the molecule is CN(Cc1ccc(C#N)cc1)Cc1cccs1. The van der Waals surface area contributed by atoms with E-state index in [-0.39, 0.29) is 0 Å². The predicted molar refractivity (Wildman–Crippen MR) is 70.6 cm³/mol. The molecular formula is C14H14N2S. The van der Waals surface area contributed by atoms with Gasteiger partial charge in [0.15, 0.2) is 0 Å². The Balaban J connectivity index is 1.94. The van der Waals surface area contributed by atoms with E-state index in [4.69, 9.17) is 5.26 Å². The van der Waals surface area contributed by atoms with E-state index in [1.54, 1.807) is 11.3 Å². The summed E-state index contributed by atoms with van der Waals surface area (Å²) in [5, 5.41) is 10.8. The molecule has 0 unspecified atom stereocenters. The summed E-state index contributed by atoms with van der Waals surface area (Å²) in [5.74, 6) is 0. The zero-order valence-electron chi connectivity index (χ0n) is 9.76. The Kier molecular flexibility index (Phi) is 3.92. The van der Waals surface area contributed by atoms with Gasteiger partial charge in [-0.25, -0.2) is 0 Å². The zero-order chi connectivity index (χ0) is 12.1. The number of hydrogen-bond donors (Lipinski definition) is 0. The average molecular weight is 242 g/mol. The van der Waals surface area contributed by atoms with E-state index in [0.717, 1.165) is 18.7 Å². The van der Waals surface area contributed by atoms with Crippen molar-refractivity contribution in [3.05, 3.63) is 57.8 Å². The lowest BCUT2D eigenvalue weighted by Gasteiger charge is -2.15. The van der Waals surface area contributed by atoms with Crippen molar-refractivity contribution in [1.29, 1.82) is 5.26 Å². The third-order valence-corrected chi connectivity index (χ3v) is 3.40. The first-order chi connectivity index (χ1) is 8.28. The quantitative estimate of drug-likeness (QED) is 0.823. The fraction of sp³-hybridized carbons (Fsp3) is 0.214. The lowest BCUT2D eigenvalue weighted by atomic mass is 10.1. The van der Waals surface area contributed by atoms with Crippen LogP contribution in [0.1, 0.15) is 16.0 Å². The first kappa shape index (κ1) is 11.8. The first-order valence-corrected chi connectivity index (χ1v) is 6.36. The highest BCUT2D eigenvalue weighted by molar-refractivity contribution is 7.09. The summed E-state index contributed by atoms with van der Waals surface area (Å²) < 4.78 is 0. The number of nitriles is 1. The van der Waals surface area contributed by atoms with Gasteiger partial charge in [0, 0.05) is 18.0 Å². The van der Waals surface area contributed by atoms with Gasteiger partial charge in [-0.2, -0.15) is 5.26 Å². The van der Waals surface area contributed by atoms with Crippen molar-refractivity contribution < 1.29 is 0 Å². The van der Waals surface area contributed by atoms with Crippen molar-refractivity contribution in [3.8, 4) is 6.07 Å². The number of rotatable bonds is 4. The van der Waals surface area contributed by atoms with Gasteiger partial charge >= 0.3 is 0 Å². The molecule has 0 bridgehead atoms. The Hall–Kier alpha value is -1.63. The van der Waals surface area contributed by atoms with E-state index in [9.17, 15) is 0 Å². The lowest BCUT2D eigenvalue weighted by molar-refractivity contribution is 0.322. The molecule has 2 rings (SSSR count). The summed E-state index contributed by atoms with van der Waals surface area (Å²) in [6, 6.07) is 14.1. The molecule has 0 fully saturated rings. The maximum atomic E-state index is 8.72. The van der Waals surface area contributed by atoms with E-state index >= 15 is 0 Å². The highest BCUT2D eigenvalue weighted by Crippen LogP contribution is 2.13. The fourth-order valence-electron chi connectivity index (χ4n) is 1.72. The number of benzene rings is 1. The van der Waals surface area contributed by atoms with Crippen LogP contribution in [0.5, 0.6) is 0 Å². The molecule has 0 N–H and O–H groups in total. The van der Waals surface area contributed by atoms with Crippen LogP contribution in [0, 0.1) is 11.3 Å². The van der Waals surface area contributed by atoms with Gasteiger partial charge in [-0.05, 0) is 36.2 Å². The van der Waals surface area contributed by atoms with Crippen molar-refractivity contribution in [2.45, 2.75) is 13.1 Å². The third kappa shape index (κ3) is 3.42. The summed E-state index contributed by atoms with van der Waals surface area (Å²) in [6.45, 7) is 1.88. The van der Waals surface area contributed by atoms with E-state index in [2.05, 4.69) is 35.5 Å². The first-order valence-electron chi connectivity index (χ1n) is 5.48. The molecule has 0 radical (unpaired) electrons. The minimum absolute atomic E-state index is 0.717. The molecular weight excluding hydrogens is 228 g/mol. The van der Waals surface area contributed by atoms with Crippen molar-refractivity contribution in [2.75, 3.05) is 7.05 Å². The van der Waals surface area contributed by atoms with Crippen molar-refractivity contribution in [3.63, 3.8) is 0 Å². The van der Waals surface area contributed by atoms with E-state index in [1.807, 2.05) is 24.3 Å². The van der Waals surface area contributed by atoms with Gasteiger partial charge in [-0.3, -0.25) is 4.90 Å². The minimum atomic E-state index is 0.717. The Bertz CT molecular complexity index is 494. The normalized spacial score (nSPS) is 10.4. The molecule has 17 heavy (non-hydrogen) atoms. The molecule has 2 nitrogen and oxygen atoms in total. The van der Waals surface area contributed by atoms with Crippen molar-refractivity contribution in [2.24, 2.45) is 0 Å². The standard InChI is InChI=1S/C14H14N2S/c1-16(11-14-3-2-8-17-14)10-13-6-4-12(9-15)5-7-13/h2-8H,10-11H2,1H3. The Morgan fingerprint density at radius 3 is 2.53 bits per heavy atom. The molecule has 86 valence electrons. The molecule has 0 aliphatic heterocycles. The topological polar surface area (TPSA) is 27.0 Å². The summed E-state index contributed by atoms with van der Waals surface area (Å²) in [7, 11) is 2.11. The largest absolute Gasteiger partial charge is 0.297 e. The van der Waals surface area contributed by atoms with Crippen LogP contribution in [0.15, 0.2) is 41.8 Å². The van der Waals surface area contributed by atoms with E-state index in [1.165, 1.54) is 10.4 Å². The van der Waals surface area contributed by atoms with Crippen LogP contribution in [-0.2, 0) is 13.1 Å². The third-order valence-electron chi connectivity index (χ3n) is 2.54. The Labute approximate surface area is 106 Å². The molecule has 0 atom stereocenters. The van der Waals surface area contributed by atoms with E-state index < -0.39 is 0 Å². The van der Waals surface area contributed by atoms with Crippen LogP contribution in [0.25, 0.3) is 0 Å². The van der Waals surface area contributed by atoms with Gasteiger partial charge in [-0.1, -0.05) is 18.2 Å². The van der Waals surface area contributed by atoms with Crippen LogP contribution in [0.4, 0.5) is 0 Å². The molecule has 0 saturated carbocycles.